The minimum Gasteiger partial charge on any atom is -0.326 e. The molecule has 0 atom stereocenters. The van der Waals surface area contributed by atoms with Crippen molar-refractivity contribution in [1.82, 2.24) is 5.43 Å². The van der Waals surface area contributed by atoms with Gasteiger partial charge in [-0.25, -0.2) is 14.6 Å². The van der Waals surface area contributed by atoms with Crippen LogP contribution in [-0.4, -0.2) is 18.5 Å². The lowest BCUT2D eigenvalue weighted by Crippen LogP contribution is -2.41. The van der Waals surface area contributed by atoms with E-state index in [1.165, 1.54) is 12.1 Å². The van der Waals surface area contributed by atoms with Gasteiger partial charge in [-0.3, -0.25) is 9.80 Å². The number of nitrogens with zero attached hydrogens (tertiary/aromatic N) is 2. The Morgan fingerprint density at radius 3 is 2.44 bits per heavy atom. The van der Waals surface area contributed by atoms with Crippen molar-refractivity contribution in [3.63, 3.8) is 0 Å². The number of urea groups is 1. The molecule has 164 valence electrons. The van der Waals surface area contributed by atoms with Gasteiger partial charge in [-0.05, 0) is 72.6 Å². The Morgan fingerprint density at radius 1 is 1.03 bits per heavy atom. The molecule has 8 heteroatoms. The molecule has 3 amide bonds. The number of carbonyl (C=O) groups excluding carboxylic acids is 2. The Bertz CT molecular complexity index is 1100. The van der Waals surface area contributed by atoms with Crippen molar-refractivity contribution < 1.29 is 14.0 Å². The number of hydrogen-bond donors (Lipinski definition) is 3. The van der Waals surface area contributed by atoms with E-state index in [0.29, 0.717) is 36.6 Å². The first-order valence-electron chi connectivity index (χ1n) is 10.4. The SMILES string of the molecule is NCc1cccc(N(NC(=O)Nc2ccc(N3CCCC3=O)cc2)c2ccc(F)cc2)c1. The third-order valence-corrected chi connectivity index (χ3v) is 5.21. The summed E-state index contributed by atoms with van der Waals surface area (Å²) in [7, 11) is 0. The molecule has 0 aromatic heterocycles. The highest BCUT2D eigenvalue weighted by Gasteiger charge is 2.21. The summed E-state index contributed by atoms with van der Waals surface area (Å²) in [6.45, 7) is 1.06. The molecule has 4 N–H and O–H groups in total. The summed E-state index contributed by atoms with van der Waals surface area (Å²) < 4.78 is 13.4. The quantitative estimate of drug-likeness (QED) is 0.506. The van der Waals surface area contributed by atoms with Crippen LogP contribution in [0, 0.1) is 5.82 Å². The van der Waals surface area contributed by atoms with Gasteiger partial charge in [0.1, 0.15) is 5.82 Å². The molecule has 3 aromatic rings. The highest BCUT2D eigenvalue weighted by molar-refractivity contribution is 5.96. The van der Waals surface area contributed by atoms with Crippen LogP contribution in [0.15, 0.2) is 72.8 Å². The zero-order valence-electron chi connectivity index (χ0n) is 17.4. The number of carbonyl (C=O) groups is 2. The molecule has 1 fully saturated rings. The van der Waals surface area contributed by atoms with E-state index in [1.54, 1.807) is 46.3 Å². The first-order chi connectivity index (χ1) is 15.5. The van der Waals surface area contributed by atoms with Crippen LogP contribution in [0.4, 0.5) is 31.9 Å². The summed E-state index contributed by atoms with van der Waals surface area (Å²) in [6.07, 6.45) is 1.42. The average Bonchev–Trinajstić information content (AvgIpc) is 3.24. The molecule has 4 rings (SSSR count). The van der Waals surface area contributed by atoms with Crippen molar-refractivity contribution in [3.8, 4) is 0 Å². The lowest BCUT2D eigenvalue weighted by atomic mass is 10.2. The number of hydrogen-bond acceptors (Lipinski definition) is 4. The molecule has 1 aliphatic rings. The number of nitrogens with two attached hydrogens (primary N) is 1. The van der Waals surface area contributed by atoms with E-state index in [2.05, 4.69) is 10.7 Å². The average molecular weight is 433 g/mol. The standard InChI is InChI=1S/C24H24FN5O2/c25-18-6-10-21(11-7-18)30(22-4-1-3-17(15-22)16-26)28-24(32)27-19-8-12-20(13-9-19)29-14-2-5-23(29)31/h1,3-4,6-13,15H,2,5,14,16,26H2,(H2,27,28,32). The fourth-order valence-electron chi connectivity index (χ4n) is 3.60. The Balaban J connectivity index is 1.50. The molecule has 1 heterocycles. The predicted molar refractivity (Wildman–Crippen MR) is 123 cm³/mol. The maximum absolute atomic E-state index is 13.4. The number of rotatable bonds is 6. The van der Waals surface area contributed by atoms with Crippen molar-refractivity contribution in [3.05, 3.63) is 84.2 Å². The fraction of sp³-hybridized carbons (Fsp3) is 0.167. The number of anilines is 4. The Morgan fingerprint density at radius 2 is 1.78 bits per heavy atom. The van der Waals surface area contributed by atoms with Crippen LogP contribution in [0.2, 0.25) is 0 Å². The van der Waals surface area contributed by atoms with Gasteiger partial charge in [-0.1, -0.05) is 12.1 Å². The van der Waals surface area contributed by atoms with Gasteiger partial charge < -0.3 is 16.0 Å². The van der Waals surface area contributed by atoms with Crippen LogP contribution in [0.3, 0.4) is 0 Å². The van der Waals surface area contributed by atoms with E-state index in [4.69, 9.17) is 5.73 Å². The molecule has 0 saturated carbocycles. The zero-order valence-corrected chi connectivity index (χ0v) is 17.4. The number of nitrogens with one attached hydrogen (secondary N) is 2. The molecule has 1 aliphatic heterocycles. The van der Waals surface area contributed by atoms with Gasteiger partial charge in [0.05, 0.1) is 11.4 Å². The highest BCUT2D eigenvalue weighted by Crippen LogP contribution is 2.25. The smallest absolute Gasteiger partial charge is 0.326 e. The second-order valence-corrected chi connectivity index (χ2v) is 7.45. The number of amides is 3. The van der Waals surface area contributed by atoms with Gasteiger partial charge in [0.15, 0.2) is 0 Å². The third-order valence-electron chi connectivity index (χ3n) is 5.21. The van der Waals surface area contributed by atoms with E-state index in [9.17, 15) is 14.0 Å². The molecular weight excluding hydrogens is 409 g/mol. The molecule has 7 nitrogen and oxygen atoms in total. The van der Waals surface area contributed by atoms with Crippen molar-refractivity contribution in [1.29, 1.82) is 0 Å². The first-order valence-corrected chi connectivity index (χ1v) is 10.4. The second-order valence-electron chi connectivity index (χ2n) is 7.45. The monoisotopic (exact) mass is 433 g/mol. The molecule has 0 radical (unpaired) electrons. The number of benzene rings is 3. The Labute approximate surface area is 185 Å². The van der Waals surface area contributed by atoms with Gasteiger partial charge >= 0.3 is 6.03 Å². The molecule has 0 spiro atoms. The number of hydrazine groups is 1. The molecule has 0 bridgehead atoms. The zero-order chi connectivity index (χ0) is 22.5. The van der Waals surface area contributed by atoms with Crippen LogP contribution in [0.1, 0.15) is 18.4 Å². The maximum Gasteiger partial charge on any atom is 0.338 e. The van der Waals surface area contributed by atoms with E-state index >= 15 is 0 Å². The van der Waals surface area contributed by atoms with Gasteiger partial charge in [0, 0.05) is 30.9 Å². The second kappa shape index (κ2) is 9.49. The minimum absolute atomic E-state index is 0.109. The van der Waals surface area contributed by atoms with E-state index < -0.39 is 6.03 Å². The summed E-state index contributed by atoms with van der Waals surface area (Å²) in [5, 5.41) is 4.35. The van der Waals surface area contributed by atoms with Gasteiger partial charge in [-0.2, -0.15) is 0 Å². The summed E-state index contributed by atoms with van der Waals surface area (Å²) in [6, 6.07) is 19.8. The van der Waals surface area contributed by atoms with Crippen molar-refractivity contribution in [2.75, 3.05) is 21.8 Å². The van der Waals surface area contributed by atoms with Crippen LogP contribution in [0.5, 0.6) is 0 Å². The summed E-state index contributed by atoms with van der Waals surface area (Å²) >= 11 is 0. The van der Waals surface area contributed by atoms with Crippen LogP contribution in [-0.2, 0) is 11.3 Å². The molecule has 3 aromatic carbocycles. The van der Waals surface area contributed by atoms with Gasteiger partial charge in [0.2, 0.25) is 5.91 Å². The maximum atomic E-state index is 13.4. The first kappa shape index (κ1) is 21.3. The van der Waals surface area contributed by atoms with E-state index in [0.717, 1.165) is 17.7 Å². The molecule has 32 heavy (non-hydrogen) atoms. The third kappa shape index (κ3) is 4.87. The van der Waals surface area contributed by atoms with Crippen molar-refractivity contribution in [2.24, 2.45) is 5.73 Å². The molecule has 0 aliphatic carbocycles. The normalized spacial score (nSPS) is 13.2. The highest BCUT2D eigenvalue weighted by atomic mass is 19.1. The summed E-state index contributed by atoms with van der Waals surface area (Å²) in [5.41, 5.74) is 12.1. The van der Waals surface area contributed by atoms with Crippen molar-refractivity contribution >= 4 is 34.7 Å². The van der Waals surface area contributed by atoms with Crippen LogP contribution < -0.4 is 26.4 Å². The van der Waals surface area contributed by atoms with Crippen LogP contribution in [0.25, 0.3) is 0 Å². The Kier molecular flexibility index (Phi) is 6.32. The van der Waals surface area contributed by atoms with Gasteiger partial charge in [-0.15, -0.1) is 0 Å². The number of halogens is 1. The minimum atomic E-state index is -0.475. The Hall–Kier alpha value is -3.91. The lowest BCUT2D eigenvalue weighted by molar-refractivity contribution is -0.117. The van der Waals surface area contributed by atoms with Gasteiger partial charge in [0.25, 0.3) is 0 Å². The summed E-state index contributed by atoms with van der Waals surface area (Å²) in [5.74, 6) is -0.261. The predicted octanol–water partition coefficient (Wildman–Crippen LogP) is 4.29. The van der Waals surface area contributed by atoms with E-state index in [-0.39, 0.29) is 11.7 Å². The largest absolute Gasteiger partial charge is 0.338 e. The van der Waals surface area contributed by atoms with E-state index in [1.807, 2.05) is 24.3 Å². The lowest BCUT2D eigenvalue weighted by Gasteiger charge is -2.26. The fourth-order valence-corrected chi connectivity index (χ4v) is 3.60. The molecular formula is C24H24FN5O2. The van der Waals surface area contributed by atoms with Crippen molar-refractivity contribution in [2.45, 2.75) is 19.4 Å². The van der Waals surface area contributed by atoms with Crippen LogP contribution >= 0.6 is 0 Å². The summed E-state index contributed by atoms with van der Waals surface area (Å²) in [4.78, 5) is 26.4. The molecule has 0 unspecified atom stereocenters. The topological polar surface area (TPSA) is 90.7 Å². The molecule has 1 saturated heterocycles.